The first-order valence-corrected chi connectivity index (χ1v) is 8.83. The van der Waals surface area contributed by atoms with Crippen LogP contribution in [0.5, 0.6) is 5.75 Å². The Morgan fingerprint density at radius 3 is 2.50 bits per heavy atom. The molecule has 0 aliphatic heterocycles. The van der Waals surface area contributed by atoms with Gasteiger partial charge in [0.2, 0.25) is 0 Å². The second-order valence-corrected chi connectivity index (χ2v) is 6.22. The maximum Gasteiger partial charge on any atom is 0.167 e. The van der Waals surface area contributed by atoms with E-state index in [1.54, 1.807) is 0 Å². The number of ketones is 1. The van der Waals surface area contributed by atoms with Crippen molar-refractivity contribution in [3.05, 3.63) is 66.8 Å². The Labute approximate surface area is 150 Å². The van der Waals surface area contributed by atoms with E-state index in [0.29, 0.717) is 18.1 Å². The van der Waals surface area contributed by atoms with Gasteiger partial charge in [-0.3, -0.25) is 4.79 Å². The minimum Gasteiger partial charge on any atom is -0.492 e. The third kappa shape index (κ3) is 5.38. The van der Waals surface area contributed by atoms with E-state index in [-0.39, 0.29) is 17.1 Å². The molecule has 0 aliphatic carbocycles. The topological polar surface area (TPSA) is 26.3 Å². The average molecular weight is 347 g/mol. The van der Waals surface area contributed by atoms with Gasteiger partial charge in [0.25, 0.3) is 0 Å². The van der Waals surface area contributed by atoms with Gasteiger partial charge in [-0.15, -0.1) is 18.2 Å². The standard InChI is InChI=1S/C21H27ClO2/c1-5-8-9-14-21(4,7-3)19(6-2)20(23)17-10-12-18(13-11-17)24-16-15-22/h5,7-14,19H,3,6,15-16H2,1-2,4H3/b8-5-,14-9?. The molecule has 2 nitrogen and oxygen atoms in total. The highest BCUT2D eigenvalue weighted by Gasteiger charge is 2.33. The molecule has 2 atom stereocenters. The number of rotatable bonds is 10. The number of benzene rings is 1. The smallest absolute Gasteiger partial charge is 0.167 e. The predicted molar refractivity (Wildman–Crippen MR) is 103 cm³/mol. The molecule has 0 spiro atoms. The molecular weight excluding hydrogens is 320 g/mol. The molecule has 0 saturated carbocycles. The fraction of sp³-hybridized carbons (Fsp3) is 0.381. The van der Waals surface area contributed by atoms with Crippen LogP contribution in [0.15, 0.2) is 61.2 Å². The van der Waals surface area contributed by atoms with Crippen LogP contribution < -0.4 is 4.74 Å². The largest absolute Gasteiger partial charge is 0.492 e. The molecule has 0 fully saturated rings. The molecule has 0 saturated heterocycles. The van der Waals surface area contributed by atoms with Gasteiger partial charge in [0.1, 0.15) is 12.4 Å². The van der Waals surface area contributed by atoms with Gasteiger partial charge < -0.3 is 4.74 Å². The van der Waals surface area contributed by atoms with Gasteiger partial charge in [0.05, 0.1) is 5.88 Å². The zero-order valence-corrected chi connectivity index (χ0v) is 15.6. The molecule has 0 bridgehead atoms. The molecule has 24 heavy (non-hydrogen) atoms. The Hall–Kier alpha value is -1.80. The summed E-state index contributed by atoms with van der Waals surface area (Å²) in [6.07, 6.45) is 10.5. The van der Waals surface area contributed by atoms with Crippen molar-refractivity contribution in [2.24, 2.45) is 11.3 Å². The second kappa shape index (κ2) is 10.1. The molecule has 0 aliphatic rings. The van der Waals surface area contributed by atoms with E-state index in [2.05, 4.69) is 6.58 Å². The fourth-order valence-corrected chi connectivity index (χ4v) is 2.76. The van der Waals surface area contributed by atoms with Crippen LogP contribution in [0.2, 0.25) is 0 Å². The van der Waals surface area contributed by atoms with E-state index < -0.39 is 0 Å². The Balaban J connectivity index is 3.01. The maximum absolute atomic E-state index is 13.0. The highest BCUT2D eigenvalue weighted by Crippen LogP contribution is 2.35. The second-order valence-electron chi connectivity index (χ2n) is 5.84. The van der Waals surface area contributed by atoms with Gasteiger partial charge in [0.15, 0.2) is 5.78 Å². The Bertz CT molecular complexity index is 586. The van der Waals surface area contributed by atoms with E-state index in [9.17, 15) is 4.79 Å². The summed E-state index contributed by atoms with van der Waals surface area (Å²) in [5, 5.41) is 0. The van der Waals surface area contributed by atoms with E-state index in [1.807, 2.05) is 75.4 Å². The van der Waals surface area contributed by atoms with Gasteiger partial charge in [-0.05, 0) is 37.6 Å². The number of hydrogen-bond donors (Lipinski definition) is 0. The molecule has 1 aromatic carbocycles. The third-order valence-corrected chi connectivity index (χ3v) is 4.31. The summed E-state index contributed by atoms with van der Waals surface area (Å²) in [5.41, 5.74) is 0.298. The van der Waals surface area contributed by atoms with Gasteiger partial charge in [-0.25, -0.2) is 0 Å². The molecule has 0 amide bonds. The molecular formula is C21H27ClO2. The summed E-state index contributed by atoms with van der Waals surface area (Å²) in [6, 6.07) is 7.25. The van der Waals surface area contributed by atoms with Crippen molar-refractivity contribution in [1.82, 2.24) is 0 Å². The zero-order valence-electron chi connectivity index (χ0n) is 14.8. The van der Waals surface area contributed by atoms with Crippen molar-refractivity contribution >= 4 is 17.4 Å². The lowest BCUT2D eigenvalue weighted by Gasteiger charge is -2.30. The molecule has 0 heterocycles. The van der Waals surface area contributed by atoms with Crippen molar-refractivity contribution in [3.63, 3.8) is 0 Å². The van der Waals surface area contributed by atoms with Crippen molar-refractivity contribution in [1.29, 1.82) is 0 Å². The van der Waals surface area contributed by atoms with Crippen LogP contribution in [0.25, 0.3) is 0 Å². The van der Waals surface area contributed by atoms with Crippen LogP contribution in [0.1, 0.15) is 37.6 Å². The third-order valence-electron chi connectivity index (χ3n) is 4.16. The number of hydrogen-bond acceptors (Lipinski definition) is 2. The number of ether oxygens (including phenoxy) is 1. The summed E-state index contributed by atoms with van der Waals surface area (Å²) in [6.45, 7) is 10.4. The molecule has 1 rings (SSSR count). The van der Waals surface area contributed by atoms with Crippen molar-refractivity contribution in [3.8, 4) is 5.75 Å². The van der Waals surface area contributed by atoms with E-state index >= 15 is 0 Å². The van der Waals surface area contributed by atoms with Crippen LogP contribution >= 0.6 is 11.6 Å². The predicted octanol–water partition coefficient (Wildman–Crippen LogP) is 5.84. The summed E-state index contributed by atoms with van der Waals surface area (Å²) in [5.74, 6) is 1.12. The zero-order chi connectivity index (χ0) is 18.0. The summed E-state index contributed by atoms with van der Waals surface area (Å²) >= 11 is 5.61. The molecule has 0 N–H and O–H groups in total. The summed E-state index contributed by atoms with van der Waals surface area (Å²) < 4.78 is 5.45. The van der Waals surface area contributed by atoms with Crippen LogP contribution in [-0.2, 0) is 0 Å². The Morgan fingerprint density at radius 2 is 2.00 bits per heavy atom. The first kappa shape index (κ1) is 20.2. The average Bonchev–Trinajstić information content (AvgIpc) is 2.61. The number of halogens is 1. The lowest BCUT2D eigenvalue weighted by molar-refractivity contribution is 0.0857. The number of Topliss-reactive ketones (excluding diaryl/α,β-unsaturated/α-hetero) is 1. The normalized spacial score (nSPS) is 15.3. The van der Waals surface area contributed by atoms with Crippen molar-refractivity contribution < 1.29 is 9.53 Å². The number of alkyl halides is 1. The molecule has 0 aromatic heterocycles. The van der Waals surface area contributed by atoms with Gasteiger partial charge in [-0.2, -0.15) is 0 Å². The van der Waals surface area contributed by atoms with Gasteiger partial charge >= 0.3 is 0 Å². The highest BCUT2D eigenvalue weighted by atomic mass is 35.5. The first-order chi connectivity index (χ1) is 11.5. The lowest BCUT2D eigenvalue weighted by atomic mass is 9.72. The van der Waals surface area contributed by atoms with Crippen LogP contribution in [0.4, 0.5) is 0 Å². The van der Waals surface area contributed by atoms with Gasteiger partial charge in [0, 0.05) is 16.9 Å². The maximum atomic E-state index is 13.0. The summed E-state index contributed by atoms with van der Waals surface area (Å²) in [4.78, 5) is 13.0. The van der Waals surface area contributed by atoms with Crippen LogP contribution in [0, 0.1) is 11.3 Å². The molecule has 130 valence electrons. The number of allylic oxidation sites excluding steroid dienone is 5. The quantitative estimate of drug-likeness (QED) is 0.230. The minimum atomic E-state index is -0.390. The van der Waals surface area contributed by atoms with E-state index in [4.69, 9.17) is 16.3 Å². The van der Waals surface area contributed by atoms with Crippen molar-refractivity contribution in [2.45, 2.75) is 27.2 Å². The molecule has 0 radical (unpaired) electrons. The number of carbonyl (C=O) groups is 1. The van der Waals surface area contributed by atoms with Crippen LogP contribution in [0.3, 0.4) is 0 Å². The Kier molecular flexibility index (Phi) is 8.56. The van der Waals surface area contributed by atoms with E-state index in [1.165, 1.54) is 0 Å². The SMILES string of the molecule is C=CC(C)(C=C/C=C\C)C(CC)C(=O)c1ccc(OCCCl)cc1. The van der Waals surface area contributed by atoms with E-state index in [0.717, 1.165) is 12.2 Å². The molecule has 3 heteroatoms. The minimum absolute atomic E-state index is 0.119. The van der Waals surface area contributed by atoms with Gasteiger partial charge in [-0.1, -0.05) is 44.2 Å². The monoisotopic (exact) mass is 346 g/mol. The fourth-order valence-electron chi connectivity index (χ4n) is 2.68. The highest BCUT2D eigenvalue weighted by molar-refractivity contribution is 6.18. The first-order valence-electron chi connectivity index (χ1n) is 8.29. The van der Waals surface area contributed by atoms with Crippen molar-refractivity contribution in [2.75, 3.05) is 12.5 Å². The Morgan fingerprint density at radius 1 is 1.33 bits per heavy atom. The lowest BCUT2D eigenvalue weighted by Crippen LogP contribution is -2.30. The molecule has 2 unspecified atom stereocenters. The van der Waals surface area contributed by atoms with Crippen LogP contribution in [-0.4, -0.2) is 18.3 Å². The summed E-state index contributed by atoms with van der Waals surface area (Å²) in [7, 11) is 0. The molecule has 1 aromatic rings. The number of carbonyl (C=O) groups excluding carboxylic acids is 1.